The lowest BCUT2D eigenvalue weighted by atomic mass is 10.3. The van der Waals surface area contributed by atoms with Gasteiger partial charge >= 0.3 is 0 Å². The topological polar surface area (TPSA) is 135 Å². The Morgan fingerprint density at radius 2 is 2.05 bits per heavy atom. The van der Waals surface area contributed by atoms with Crippen molar-refractivity contribution in [2.45, 2.75) is 10.6 Å². The van der Waals surface area contributed by atoms with E-state index < -0.39 is 9.84 Å². The van der Waals surface area contributed by atoms with Gasteiger partial charge < -0.3 is 10.7 Å². The number of nitrogens with one attached hydrogen (secondary N) is 2. The number of H-pyrrole nitrogens is 2. The van der Waals surface area contributed by atoms with Gasteiger partial charge in [-0.05, 0) is 12.1 Å². The Bertz CT molecular complexity index is 983. The molecule has 0 radical (unpaired) electrons. The Morgan fingerprint density at radius 1 is 1.29 bits per heavy atom. The van der Waals surface area contributed by atoms with Crippen molar-refractivity contribution in [3.05, 3.63) is 33.2 Å². The standard InChI is InChI=1S/C11H11N5O3S2/c1-21(18,19)7-3-2-5(20-7)4-6-13-8-9(14-6)15-11(12)16-10(8)17/h2-3H,4H2,1H3,(H4,12,13,14,15,16,17). The third-order valence-electron chi connectivity index (χ3n) is 2.77. The SMILES string of the molecule is CS(=O)(=O)c1ccc(Cc2nc3nc(N)[nH]c(=O)c3[nH]2)s1. The van der Waals surface area contributed by atoms with Crippen molar-refractivity contribution < 1.29 is 8.42 Å². The summed E-state index contributed by atoms with van der Waals surface area (Å²) in [4.78, 5) is 25.9. The Balaban J connectivity index is 1.97. The fourth-order valence-electron chi connectivity index (χ4n) is 1.87. The number of hydrogen-bond acceptors (Lipinski definition) is 7. The van der Waals surface area contributed by atoms with Crippen molar-refractivity contribution in [1.82, 2.24) is 19.9 Å². The molecule has 3 aromatic rings. The summed E-state index contributed by atoms with van der Waals surface area (Å²) in [6.45, 7) is 0. The first-order chi connectivity index (χ1) is 9.83. The van der Waals surface area contributed by atoms with Crippen molar-refractivity contribution in [3.63, 3.8) is 0 Å². The maximum absolute atomic E-state index is 11.7. The zero-order valence-corrected chi connectivity index (χ0v) is 12.5. The van der Waals surface area contributed by atoms with Crippen molar-refractivity contribution in [3.8, 4) is 0 Å². The van der Waals surface area contributed by atoms with E-state index in [1.165, 1.54) is 11.3 Å². The summed E-state index contributed by atoms with van der Waals surface area (Å²) in [6, 6.07) is 3.28. The summed E-state index contributed by atoms with van der Waals surface area (Å²) in [5, 5.41) is 0. The maximum atomic E-state index is 11.7. The van der Waals surface area contributed by atoms with E-state index in [0.717, 1.165) is 11.1 Å². The number of aromatic amines is 2. The van der Waals surface area contributed by atoms with E-state index >= 15 is 0 Å². The van der Waals surface area contributed by atoms with Crippen LogP contribution < -0.4 is 11.3 Å². The van der Waals surface area contributed by atoms with E-state index in [1.807, 2.05) is 0 Å². The molecule has 8 nitrogen and oxygen atoms in total. The second-order valence-electron chi connectivity index (χ2n) is 4.50. The van der Waals surface area contributed by atoms with Crippen molar-refractivity contribution in [2.75, 3.05) is 12.0 Å². The molecule has 21 heavy (non-hydrogen) atoms. The van der Waals surface area contributed by atoms with Crippen molar-refractivity contribution in [2.24, 2.45) is 0 Å². The Labute approximate surface area is 123 Å². The van der Waals surface area contributed by atoms with E-state index in [-0.39, 0.29) is 22.7 Å². The summed E-state index contributed by atoms with van der Waals surface area (Å²) in [7, 11) is -3.21. The minimum absolute atomic E-state index is 0.000959. The van der Waals surface area contributed by atoms with Gasteiger partial charge in [0.15, 0.2) is 21.0 Å². The van der Waals surface area contributed by atoms with Gasteiger partial charge in [0.1, 0.15) is 10.0 Å². The van der Waals surface area contributed by atoms with Crippen LogP contribution in [-0.2, 0) is 16.3 Å². The predicted molar refractivity (Wildman–Crippen MR) is 79.2 cm³/mol. The van der Waals surface area contributed by atoms with Gasteiger partial charge in [-0.1, -0.05) is 0 Å². The highest BCUT2D eigenvalue weighted by Gasteiger charge is 2.13. The third kappa shape index (κ3) is 2.67. The molecule has 3 rings (SSSR count). The van der Waals surface area contributed by atoms with Gasteiger partial charge in [-0.25, -0.2) is 13.4 Å². The average Bonchev–Trinajstić information content (AvgIpc) is 2.95. The van der Waals surface area contributed by atoms with Crippen LogP contribution >= 0.6 is 11.3 Å². The molecule has 3 aromatic heterocycles. The highest BCUT2D eigenvalue weighted by atomic mass is 32.2. The molecule has 0 aliphatic rings. The minimum Gasteiger partial charge on any atom is -0.369 e. The van der Waals surface area contributed by atoms with Crippen LogP contribution in [0, 0.1) is 0 Å². The molecule has 0 bridgehead atoms. The van der Waals surface area contributed by atoms with Crippen LogP contribution in [0.5, 0.6) is 0 Å². The Morgan fingerprint density at radius 3 is 2.71 bits per heavy atom. The highest BCUT2D eigenvalue weighted by Crippen LogP contribution is 2.23. The van der Waals surface area contributed by atoms with Crippen LogP contribution in [0.4, 0.5) is 5.95 Å². The van der Waals surface area contributed by atoms with Gasteiger partial charge in [-0.15, -0.1) is 11.3 Å². The molecular formula is C11H11N5O3S2. The van der Waals surface area contributed by atoms with E-state index in [2.05, 4.69) is 19.9 Å². The fraction of sp³-hybridized carbons (Fsp3) is 0.182. The maximum Gasteiger partial charge on any atom is 0.278 e. The third-order valence-corrected chi connectivity index (χ3v) is 5.68. The molecule has 0 aliphatic heterocycles. The number of aromatic nitrogens is 4. The van der Waals surface area contributed by atoms with Gasteiger partial charge in [0, 0.05) is 17.6 Å². The molecule has 10 heteroatoms. The Kier molecular flexibility index (Phi) is 3.06. The number of imidazole rings is 1. The number of thiophene rings is 1. The number of nitrogens with zero attached hydrogens (tertiary/aromatic N) is 2. The summed E-state index contributed by atoms with van der Waals surface area (Å²) in [5.41, 5.74) is 5.55. The second kappa shape index (κ2) is 4.67. The lowest BCUT2D eigenvalue weighted by Gasteiger charge is -1.92. The number of hydrogen-bond donors (Lipinski definition) is 3. The molecule has 0 saturated heterocycles. The zero-order valence-electron chi connectivity index (χ0n) is 10.9. The molecule has 0 aliphatic carbocycles. The molecule has 4 N–H and O–H groups in total. The summed E-state index contributed by atoms with van der Waals surface area (Å²) >= 11 is 1.17. The zero-order chi connectivity index (χ0) is 15.2. The summed E-state index contributed by atoms with van der Waals surface area (Å²) in [5.74, 6) is 0.525. The number of anilines is 1. The molecular weight excluding hydrogens is 314 g/mol. The quantitative estimate of drug-likeness (QED) is 0.633. The van der Waals surface area contributed by atoms with Gasteiger partial charge in [0.25, 0.3) is 5.56 Å². The van der Waals surface area contributed by atoms with Crippen LogP contribution in [0.1, 0.15) is 10.7 Å². The predicted octanol–water partition coefficient (Wildman–Crippen LogP) is 0.284. The monoisotopic (exact) mass is 325 g/mol. The van der Waals surface area contributed by atoms with Gasteiger partial charge in [-0.3, -0.25) is 9.78 Å². The van der Waals surface area contributed by atoms with Gasteiger partial charge in [0.05, 0.1) is 0 Å². The molecule has 110 valence electrons. The van der Waals surface area contributed by atoms with Crippen molar-refractivity contribution in [1.29, 1.82) is 0 Å². The first kappa shape index (κ1) is 13.8. The molecule has 0 spiro atoms. The van der Waals surface area contributed by atoms with Gasteiger partial charge in [-0.2, -0.15) is 4.98 Å². The van der Waals surface area contributed by atoms with Crippen molar-refractivity contribution >= 4 is 38.3 Å². The largest absolute Gasteiger partial charge is 0.369 e. The molecule has 0 saturated carbocycles. The molecule has 0 aromatic carbocycles. The summed E-state index contributed by atoms with van der Waals surface area (Å²) in [6.07, 6.45) is 1.55. The lowest BCUT2D eigenvalue weighted by molar-refractivity contribution is 0.604. The van der Waals surface area contributed by atoms with Gasteiger partial charge in [0.2, 0.25) is 5.95 Å². The van der Waals surface area contributed by atoms with E-state index in [4.69, 9.17) is 5.73 Å². The smallest absolute Gasteiger partial charge is 0.278 e. The normalized spacial score (nSPS) is 12.0. The number of nitrogens with two attached hydrogens (primary N) is 1. The van der Waals surface area contributed by atoms with E-state index in [9.17, 15) is 13.2 Å². The van der Waals surface area contributed by atoms with Crippen LogP contribution in [-0.4, -0.2) is 34.6 Å². The van der Waals surface area contributed by atoms with Crippen LogP contribution in [0.25, 0.3) is 11.2 Å². The number of nitrogen functional groups attached to an aromatic ring is 1. The molecule has 3 heterocycles. The highest BCUT2D eigenvalue weighted by molar-refractivity contribution is 7.92. The average molecular weight is 325 g/mol. The lowest BCUT2D eigenvalue weighted by Crippen LogP contribution is -2.10. The first-order valence-corrected chi connectivity index (χ1v) is 8.57. The minimum atomic E-state index is -3.21. The molecule has 0 unspecified atom stereocenters. The van der Waals surface area contributed by atoms with Crippen LogP contribution in [0.15, 0.2) is 21.1 Å². The van der Waals surface area contributed by atoms with Crippen LogP contribution in [0.3, 0.4) is 0 Å². The van der Waals surface area contributed by atoms with E-state index in [0.29, 0.717) is 16.5 Å². The Hall–Kier alpha value is -2.20. The van der Waals surface area contributed by atoms with Crippen LogP contribution in [0.2, 0.25) is 0 Å². The number of rotatable bonds is 3. The first-order valence-electron chi connectivity index (χ1n) is 5.86. The molecule has 0 atom stereocenters. The van der Waals surface area contributed by atoms with E-state index in [1.54, 1.807) is 12.1 Å². The number of sulfone groups is 1. The number of fused-ring (bicyclic) bond motifs is 1. The fourth-order valence-corrected chi connectivity index (χ4v) is 3.85. The second-order valence-corrected chi connectivity index (χ2v) is 7.91. The molecule has 0 amide bonds. The summed E-state index contributed by atoms with van der Waals surface area (Å²) < 4.78 is 23.2. The molecule has 0 fully saturated rings.